The SMILES string of the molecule is O=C(COC(=O)c1n[nH]c2ccccc12)Nc1ccc(OC(F)F)cc1. The summed E-state index contributed by atoms with van der Waals surface area (Å²) < 4.78 is 33.3. The van der Waals surface area contributed by atoms with E-state index in [1.807, 2.05) is 0 Å². The molecule has 9 heteroatoms. The van der Waals surface area contributed by atoms with Crippen LogP contribution in [0.4, 0.5) is 14.5 Å². The second-order valence-electron chi connectivity index (χ2n) is 5.14. The highest BCUT2D eigenvalue weighted by molar-refractivity contribution is 6.03. The molecule has 0 aliphatic rings. The van der Waals surface area contributed by atoms with Crippen molar-refractivity contribution in [3.8, 4) is 5.75 Å². The van der Waals surface area contributed by atoms with Crippen molar-refractivity contribution in [2.24, 2.45) is 0 Å². The Labute approximate surface area is 145 Å². The number of para-hydroxylation sites is 1. The van der Waals surface area contributed by atoms with E-state index >= 15 is 0 Å². The smallest absolute Gasteiger partial charge is 0.387 e. The Morgan fingerprint density at radius 1 is 1.12 bits per heavy atom. The second kappa shape index (κ2) is 7.60. The fourth-order valence-electron chi connectivity index (χ4n) is 2.24. The third-order valence-electron chi connectivity index (χ3n) is 3.36. The molecule has 2 aromatic carbocycles. The number of nitrogens with one attached hydrogen (secondary N) is 2. The minimum atomic E-state index is -2.92. The molecule has 0 radical (unpaired) electrons. The Kier molecular flexibility index (Phi) is 5.07. The van der Waals surface area contributed by atoms with Crippen molar-refractivity contribution in [2.45, 2.75) is 6.61 Å². The van der Waals surface area contributed by atoms with Gasteiger partial charge in [-0.3, -0.25) is 9.89 Å². The third-order valence-corrected chi connectivity index (χ3v) is 3.36. The fraction of sp³-hybridized carbons (Fsp3) is 0.118. The second-order valence-corrected chi connectivity index (χ2v) is 5.14. The summed E-state index contributed by atoms with van der Waals surface area (Å²) >= 11 is 0. The number of rotatable bonds is 6. The average molecular weight is 361 g/mol. The highest BCUT2D eigenvalue weighted by Gasteiger charge is 2.16. The molecule has 0 aliphatic carbocycles. The number of nitrogens with zero attached hydrogens (tertiary/aromatic N) is 1. The van der Waals surface area contributed by atoms with Gasteiger partial charge >= 0.3 is 12.6 Å². The molecule has 7 nitrogen and oxygen atoms in total. The van der Waals surface area contributed by atoms with E-state index in [1.165, 1.54) is 24.3 Å². The number of ether oxygens (including phenoxy) is 2. The molecule has 1 heterocycles. The van der Waals surface area contributed by atoms with E-state index < -0.39 is 25.1 Å². The van der Waals surface area contributed by atoms with Crippen molar-refractivity contribution in [1.82, 2.24) is 10.2 Å². The van der Waals surface area contributed by atoms with Crippen molar-refractivity contribution in [3.63, 3.8) is 0 Å². The Morgan fingerprint density at radius 3 is 2.58 bits per heavy atom. The van der Waals surface area contributed by atoms with Gasteiger partial charge in [-0.15, -0.1) is 0 Å². The number of carbonyl (C=O) groups is 2. The van der Waals surface area contributed by atoms with Gasteiger partial charge in [0.25, 0.3) is 5.91 Å². The predicted molar refractivity (Wildman–Crippen MR) is 88.1 cm³/mol. The number of anilines is 1. The molecule has 0 atom stereocenters. The van der Waals surface area contributed by atoms with Gasteiger partial charge in [0.15, 0.2) is 12.3 Å². The number of aromatic nitrogens is 2. The van der Waals surface area contributed by atoms with E-state index in [0.29, 0.717) is 16.6 Å². The summed E-state index contributed by atoms with van der Waals surface area (Å²) in [6, 6.07) is 12.3. The predicted octanol–water partition coefficient (Wildman–Crippen LogP) is 2.96. The number of aromatic amines is 1. The van der Waals surface area contributed by atoms with Crippen LogP contribution >= 0.6 is 0 Å². The maximum atomic E-state index is 12.1. The zero-order valence-corrected chi connectivity index (χ0v) is 13.2. The van der Waals surface area contributed by atoms with E-state index in [-0.39, 0.29) is 11.4 Å². The van der Waals surface area contributed by atoms with Gasteiger partial charge < -0.3 is 14.8 Å². The third kappa shape index (κ3) is 4.12. The summed E-state index contributed by atoms with van der Waals surface area (Å²) in [6.45, 7) is -3.44. The topological polar surface area (TPSA) is 93.3 Å². The number of amides is 1. The molecule has 1 aromatic heterocycles. The highest BCUT2D eigenvalue weighted by Crippen LogP contribution is 2.18. The van der Waals surface area contributed by atoms with Gasteiger partial charge in [-0.05, 0) is 30.3 Å². The van der Waals surface area contributed by atoms with Crippen molar-refractivity contribution < 1.29 is 27.8 Å². The number of alkyl halides is 2. The Bertz CT molecular complexity index is 925. The monoisotopic (exact) mass is 361 g/mol. The lowest BCUT2D eigenvalue weighted by Crippen LogP contribution is -2.21. The van der Waals surface area contributed by atoms with Gasteiger partial charge in [0.2, 0.25) is 0 Å². The van der Waals surface area contributed by atoms with Crippen LogP contribution in [-0.4, -0.2) is 35.3 Å². The van der Waals surface area contributed by atoms with Crippen molar-refractivity contribution in [2.75, 3.05) is 11.9 Å². The van der Waals surface area contributed by atoms with Crippen molar-refractivity contribution >= 4 is 28.5 Å². The van der Waals surface area contributed by atoms with Gasteiger partial charge in [-0.25, -0.2) is 4.79 Å². The largest absolute Gasteiger partial charge is 0.451 e. The molecule has 0 saturated carbocycles. The summed E-state index contributed by atoms with van der Waals surface area (Å²) in [7, 11) is 0. The van der Waals surface area contributed by atoms with Crippen molar-refractivity contribution in [3.05, 3.63) is 54.2 Å². The lowest BCUT2D eigenvalue weighted by atomic mass is 10.2. The van der Waals surface area contributed by atoms with Gasteiger partial charge in [0.1, 0.15) is 5.75 Å². The van der Waals surface area contributed by atoms with Gasteiger partial charge in [-0.2, -0.15) is 13.9 Å². The summed E-state index contributed by atoms with van der Waals surface area (Å²) in [6.07, 6.45) is 0. The van der Waals surface area contributed by atoms with Crippen LogP contribution in [-0.2, 0) is 9.53 Å². The number of hydrogen-bond donors (Lipinski definition) is 2. The normalized spacial score (nSPS) is 10.7. The summed E-state index contributed by atoms with van der Waals surface area (Å²) in [5.41, 5.74) is 1.11. The van der Waals surface area contributed by atoms with Gasteiger partial charge in [0, 0.05) is 11.1 Å². The van der Waals surface area contributed by atoms with E-state index in [0.717, 1.165) is 0 Å². The van der Waals surface area contributed by atoms with Crippen LogP contribution < -0.4 is 10.1 Å². The molecule has 3 rings (SSSR count). The molecule has 3 aromatic rings. The first-order chi connectivity index (χ1) is 12.5. The zero-order valence-electron chi connectivity index (χ0n) is 13.2. The number of H-pyrrole nitrogens is 1. The van der Waals surface area contributed by atoms with Gasteiger partial charge in [-0.1, -0.05) is 18.2 Å². The quantitative estimate of drug-likeness (QED) is 0.659. The van der Waals surface area contributed by atoms with E-state index in [4.69, 9.17) is 4.74 Å². The van der Waals surface area contributed by atoms with E-state index in [9.17, 15) is 18.4 Å². The summed E-state index contributed by atoms with van der Waals surface area (Å²) in [4.78, 5) is 23.9. The number of fused-ring (bicyclic) bond motifs is 1. The van der Waals surface area contributed by atoms with Crippen LogP contribution in [0, 0.1) is 0 Å². The van der Waals surface area contributed by atoms with Crippen LogP contribution in [0.15, 0.2) is 48.5 Å². The van der Waals surface area contributed by atoms with Crippen LogP contribution in [0.5, 0.6) is 5.75 Å². The molecule has 26 heavy (non-hydrogen) atoms. The Morgan fingerprint density at radius 2 is 1.85 bits per heavy atom. The first kappa shape index (κ1) is 17.3. The number of hydrogen-bond acceptors (Lipinski definition) is 5. The van der Waals surface area contributed by atoms with Crippen molar-refractivity contribution in [1.29, 1.82) is 0 Å². The molecular formula is C17H13F2N3O4. The molecule has 1 amide bonds. The Hall–Kier alpha value is -3.49. The van der Waals surface area contributed by atoms with E-state index in [2.05, 4.69) is 20.3 Å². The maximum Gasteiger partial charge on any atom is 0.387 e. The average Bonchev–Trinajstić information content (AvgIpc) is 3.05. The Balaban J connectivity index is 1.54. The maximum absolute atomic E-state index is 12.1. The fourth-order valence-corrected chi connectivity index (χ4v) is 2.24. The van der Waals surface area contributed by atoms with E-state index in [1.54, 1.807) is 24.3 Å². The number of halogens is 2. The first-order valence-corrected chi connectivity index (χ1v) is 7.48. The lowest BCUT2D eigenvalue weighted by Gasteiger charge is -2.08. The summed E-state index contributed by atoms with van der Waals surface area (Å²) in [5.74, 6) is -1.35. The number of esters is 1. The molecule has 0 fully saturated rings. The zero-order chi connectivity index (χ0) is 18.5. The van der Waals surface area contributed by atoms with Crippen LogP contribution in [0.2, 0.25) is 0 Å². The molecule has 2 N–H and O–H groups in total. The first-order valence-electron chi connectivity index (χ1n) is 7.48. The lowest BCUT2D eigenvalue weighted by molar-refractivity contribution is -0.119. The standard InChI is InChI=1S/C17H13F2N3O4/c18-17(19)26-11-7-5-10(6-8-11)20-14(23)9-25-16(24)15-12-3-1-2-4-13(12)21-22-15/h1-8,17H,9H2,(H,20,23)(H,21,22). The molecule has 0 saturated heterocycles. The molecule has 0 bridgehead atoms. The molecule has 0 aliphatic heterocycles. The van der Waals surface area contributed by atoms with Crippen LogP contribution in [0.3, 0.4) is 0 Å². The number of benzene rings is 2. The minimum absolute atomic E-state index is 0.0326. The van der Waals surface area contributed by atoms with Crippen LogP contribution in [0.1, 0.15) is 10.5 Å². The molecule has 0 unspecified atom stereocenters. The molecular weight excluding hydrogens is 348 g/mol. The van der Waals surface area contributed by atoms with Gasteiger partial charge in [0.05, 0.1) is 5.52 Å². The molecule has 134 valence electrons. The summed E-state index contributed by atoms with van der Waals surface area (Å²) in [5, 5.41) is 9.65. The number of carbonyl (C=O) groups excluding carboxylic acids is 2. The minimum Gasteiger partial charge on any atom is -0.451 e. The molecule has 0 spiro atoms. The van der Waals surface area contributed by atoms with Crippen LogP contribution in [0.25, 0.3) is 10.9 Å². The highest BCUT2D eigenvalue weighted by atomic mass is 19.3.